The Labute approximate surface area is 188 Å². The maximum absolute atomic E-state index is 12.6. The summed E-state index contributed by atoms with van der Waals surface area (Å²) in [6, 6.07) is 14.2. The van der Waals surface area contributed by atoms with E-state index in [1.807, 2.05) is 31.2 Å². The highest BCUT2D eigenvalue weighted by molar-refractivity contribution is 6.36. The molecule has 32 heavy (non-hydrogen) atoms. The molecule has 1 saturated heterocycles. The standard InChI is InChI=1S/C26H29N3O3/c1-2-27-25(30)18-6-5-12-29(15-18)13-11-17-9-10-20-19(14-17)16-32-24(20)23-21-7-3-4-8-22(21)28-26(23)31/h3-4,7-10,14,18H,2,5-6,11-13,15-16H2,1H3,(H,27,30)(H,28,31). The Morgan fingerprint density at radius 2 is 2.09 bits per heavy atom. The Hall–Kier alpha value is -3.12. The molecule has 1 atom stereocenters. The maximum Gasteiger partial charge on any atom is 0.260 e. The van der Waals surface area contributed by atoms with Crippen LogP contribution < -0.4 is 10.6 Å². The number of rotatable bonds is 5. The van der Waals surface area contributed by atoms with Crippen molar-refractivity contribution in [3.63, 3.8) is 0 Å². The first-order valence-electron chi connectivity index (χ1n) is 11.5. The summed E-state index contributed by atoms with van der Waals surface area (Å²) in [5.41, 5.74) is 5.75. The molecule has 6 nitrogen and oxygen atoms in total. The molecule has 0 saturated carbocycles. The fourth-order valence-electron chi connectivity index (χ4n) is 5.00. The minimum Gasteiger partial charge on any atom is -0.487 e. The molecule has 2 aromatic rings. The first-order valence-corrected chi connectivity index (χ1v) is 11.5. The zero-order valence-corrected chi connectivity index (χ0v) is 18.4. The smallest absolute Gasteiger partial charge is 0.260 e. The number of benzene rings is 2. The van der Waals surface area contributed by atoms with Gasteiger partial charge in [0.15, 0.2) is 0 Å². The van der Waals surface area contributed by atoms with Crippen molar-refractivity contribution in [2.45, 2.75) is 32.8 Å². The predicted molar refractivity (Wildman–Crippen MR) is 125 cm³/mol. The number of piperidine rings is 1. The number of likely N-dealkylation sites (tertiary alicyclic amines) is 1. The molecule has 0 radical (unpaired) electrons. The van der Waals surface area contributed by atoms with Crippen molar-refractivity contribution in [3.8, 4) is 0 Å². The average Bonchev–Trinajstić information content (AvgIpc) is 3.37. The Kier molecular flexibility index (Phi) is 5.70. The summed E-state index contributed by atoms with van der Waals surface area (Å²) in [6.07, 6.45) is 2.98. The minimum atomic E-state index is -0.107. The van der Waals surface area contributed by atoms with Gasteiger partial charge in [-0.3, -0.25) is 9.59 Å². The van der Waals surface area contributed by atoms with Gasteiger partial charge in [-0.15, -0.1) is 0 Å². The number of ether oxygens (including phenoxy) is 1. The van der Waals surface area contributed by atoms with Gasteiger partial charge in [-0.2, -0.15) is 0 Å². The summed E-state index contributed by atoms with van der Waals surface area (Å²) in [4.78, 5) is 27.2. The largest absolute Gasteiger partial charge is 0.487 e. The fraction of sp³-hybridized carbons (Fsp3) is 0.385. The van der Waals surface area contributed by atoms with E-state index in [-0.39, 0.29) is 17.7 Å². The van der Waals surface area contributed by atoms with E-state index >= 15 is 0 Å². The normalized spacial score (nSPS) is 22.2. The second-order valence-electron chi connectivity index (χ2n) is 8.77. The molecule has 3 heterocycles. The number of amides is 2. The van der Waals surface area contributed by atoms with Crippen molar-refractivity contribution >= 4 is 28.8 Å². The second-order valence-corrected chi connectivity index (χ2v) is 8.77. The SMILES string of the molecule is CCNC(=O)C1CCCN(CCc2ccc3c(c2)COC3=C2C(=O)Nc3ccccc32)C1. The Morgan fingerprint density at radius 1 is 1.22 bits per heavy atom. The molecular weight excluding hydrogens is 402 g/mol. The van der Waals surface area contributed by atoms with Gasteiger partial charge in [-0.25, -0.2) is 0 Å². The van der Waals surface area contributed by atoms with Gasteiger partial charge in [0.1, 0.15) is 12.4 Å². The molecule has 6 heteroatoms. The summed E-state index contributed by atoms with van der Waals surface area (Å²) in [6.45, 7) is 5.98. The van der Waals surface area contributed by atoms with E-state index in [2.05, 4.69) is 33.7 Å². The zero-order valence-electron chi connectivity index (χ0n) is 18.4. The first kappa shape index (κ1) is 20.8. The molecule has 0 aromatic heterocycles. The van der Waals surface area contributed by atoms with Crippen molar-refractivity contribution < 1.29 is 14.3 Å². The van der Waals surface area contributed by atoms with Crippen molar-refractivity contribution in [3.05, 3.63) is 64.7 Å². The van der Waals surface area contributed by atoms with Gasteiger partial charge in [0.25, 0.3) is 5.91 Å². The molecule has 2 N–H and O–H groups in total. The van der Waals surface area contributed by atoms with Crippen LogP contribution in [0.5, 0.6) is 0 Å². The summed E-state index contributed by atoms with van der Waals surface area (Å²) in [5.74, 6) is 0.858. The van der Waals surface area contributed by atoms with Crippen LogP contribution in [-0.4, -0.2) is 42.9 Å². The van der Waals surface area contributed by atoms with Gasteiger partial charge < -0.3 is 20.3 Å². The molecule has 1 unspecified atom stereocenters. The molecule has 2 amide bonds. The minimum absolute atomic E-state index is 0.103. The average molecular weight is 432 g/mol. The monoisotopic (exact) mass is 431 g/mol. The number of nitrogens with one attached hydrogen (secondary N) is 2. The lowest BCUT2D eigenvalue weighted by Crippen LogP contribution is -2.43. The molecule has 166 valence electrons. The third-order valence-electron chi connectivity index (χ3n) is 6.63. The van der Waals surface area contributed by atoms with Crippen LogP contribution in [0.15, 0.2) is 42.5 Å². The first-order chi connectivity index (χ1) is 15.6. The van der Waals surface area contributed by atoms with E-state index < -0.39 is 0 Å². The number of nitrogens with zero attached hydrogens (tertiary/aromatic N) is 1. The lowest BCUT2D eigenvalue weighted by Gasteiger charge is -2.32. The zero-order chi connectivity index (χ0) is 22.1. The van der Waals surface area contributed by atoms with Crippen LogP contribution in [0, 0.1) is 5.92 Å². The molecule has 5 rings (SSSR count). The van der Waals surface area contributed by atoms with Crippen LogP contribution in [0.2, 0.25) is 0 Å². The molecule has 3 aliphatic heterocycles. The van der Waals surface area contributed by atoms with E-state index in [9.17, 15) is 9.59 Å². The van der Waals surface area contributed by atoms with Crippen LogP contribution in [0.1, 0.15) is 42.0 Å². The molecule has 1 fully saturated rings. The lowest BCUT2D eigenvalue weighted by molar-refractivity contribution is -0.126. The number of hydrogen-bond acceptors (Lipinski definition) is 4. The van der Waals surface area contributed by atoms with Crippen LogP contribution in [-0.2, 0) is 27.4 Å². The third kappa shape index (κ3) is 3.91. The summed E-state index contributed by atoms with van der Waals surface area (Å²) >= 11 is 0. The van der Waals surface area contributed by atoms with E-state index in [4.69, 9.17) is 4.74 Å². The topological polar surface area (TPSA) is 70.7 Å². The van der Waals surface area contributed by atoms with Gasteiger partial charge in [-0.1, -0.05) is 36.4 Å². The Morgan fingerprint density at radius 3 is 2.97 bits per heavy atom. The van der Waals surface area contributed by atoms with Crippen molar-refractivity contribution in [1.29, 1.82) is 0 Å². The molecule has 3 aliphatic rings. The van der Waals surface area contributed by atoms with Crippen LogP contribution in [0.4, 0.5) is 5.69 Å². The summed E-state index contributed by atoms with van der Waals surface area (Å²) < 4.78 is 6.01. The molecule has 0 bridgehead atoms. The maximum atomic E-state index is 12.6. The highest BCUT2D eigenvalue weighted by atomic mass is 16.5. The van der Waals surface area contributed by atoms with E-state index in [0.717, 1.165) is 61.3 Å². The highest BCUT2D eigenvalue weighted by Gasteiger charge is 2.32. The molecular formula is C26H29N3O3. The summed E-state index contributed by atoms with van der Waals surface area (Å²) in [7, 11) is 0. The fourth-order valence-corrected chi connectivity index (χ4v) is 5.00. The third-order valence-corrected chi connectivity index (χ3v) is 6.63. The van der Waals surface area contributed by atoms with E-state index in [1.54, 1.807) is 0 Å². The number of fused-ring (bicyclic) bond motifs is 2. The number of para-hydroxylation sites is 1. The van der Waals surface area contributed by atoms with Crippen LogP contribution in [0.25, 0.3) is 11.3 Å². The van der Waals surface area contributed by atoms with E-state index in [0.29, 0.717) is 24.5 Å². The van der Waals surface area contributed by atoms with Crippen LogP contribution >= 0.6 is 0 Å². The van der Waals surface area contributed by atoms with Crippen LogP contribution in [0.3, 0.4) is 0 Å². The van der Waals surface area contributed by atoms with Crippen molar-refractivity contribution in [2.75, 3.05) is 31.5 Å². The van der Waals surface area contributed by atoms with Gasteiger partial charge in [0, 0.05) is 42.0 Å². The Bertz CT molecular complexity index is 1090. The number of anilines is 1. The summed E-state index contributed by atoms with van der Waals surface area (Å²) in [5, 5.41) is 5.89. The van der Waals surface area contributed by atoms with E-state index in [1.165, 1.54) is 5.56 Å². The van der Waals surface area contributed by atoms with Gasteiger partial charge in [0.05, 0.1) is 11.5 Å². The predicted octanol–water partition coefficient (Wildman–Crippen LogP) is 3.43. The molecule has 0 spiro atoms. The van der Waals surface area contributed by atoms with Gasteiger partial charge >= 0.3 is 0 Å². The number of carbonyl (C=O) groups excluding carboxylic acids is 2. The Balaban J connectivity index is 1.29. The van der Waals surface area contributed by atoms with Crippen molar-refractivity contribution in [1.82, 2.24) is 10.2 Å². The second kappa shape index (κ2) is 8.79. The van der Waals surface area contributed by atoms with Gasteiger partial charge in [0.2, 0.25) is 5.91 Å². The highest BCUT2D eigenvalue weighted by Crippen LogP contribution is 2.41. The number of hydrogen-bond donors (Lipinski definition) is 2. The number of carbonyl (C=O) groups is 2. The molecule has 2 aromatic carbocycles. The lowest BCUT2D eigenvalue weighted by atomic mass is 9.96. The van der Waals surface area contributed by atoms with Gasteiger partial charge in [-0.05, 0) is 44.4 Å². The quantitative estimate of drug-likeness (QED) is 0.712. The molecule has 0 aliphatic carbocycles. The van der Waals surface area contributed by atoms with Crippen molar-refractivity contribution in [2.24, 2.45) is 5.92 Å².